The van der Waals surface area contributed by atoms with Gasteiger partial charge < -0.3 is 10.2 Å². The van der Waals surface area contributed by atoms with E-state index in [1.54, 1.807) is 41.3 Å². The topological polar surface area (TPSA) is 62.3 Å². The van der Waals surface area contributed by atoms with Crippen LogP contribution in [0.15, 0.2) is 36.4 Å². The molecule has 1 aliphatic heterocycles. The molecule has 0 bridgehead atoms. The number of carbonyl (C=O) groups is 2. The van der Waals surface area contributed by atoms with Crippen molar-refractivity contribution in [1.82, 2.24) is 9.88 Å². The van der Waals surface area contributed by atoms with Crippen molar-refractivity contribution in [1.29, 1.82) is 0 Å². The van der Waals surface area contributed by atoms with Gasteiger partial charge in [-0.05, 0) is 49.6 Å². The van der Waals surface area contributed by atoms with Gasteiger partial charge in [0.15, 0.2) is 0 Å². The molecule has 0 spiro atoms. The van der Waals surface area contributed by atoms with Gasteiger partial charge in [-0.1, -0.05) is 29.3 Å². The fourth-order valence-corrected chi connectivity index (χ4v) is 3.29. The van der Waals surface area contributed by atoms with Gasteiger partial charge in [0.2, 0.25) is 0 Å². The number of hydrogen-bond acceptors (Lipinski definition) is 3. The highest BCUT2D eigenvalue weighted by atomic mass is 35.5. The number of amides is 2. The molecule has 2 amide bonds. The Bertz CT molecular complexity index is 784. The zero-order valence-electron chi connectivity index (χ0n) is 13.5. The molecular formula is C18H17Cl2N3O2. The molecule has 2 heterocycles. The average molecular weight is 378 g/mol. The van der Waals surface area contributed by atoms with E-state index in [9.17, 15) is 9.59 Å². The first-order valence-corrected chi connectivity index (χ1v) is 8.82. The number of benzene rings is 1. The Balaban J connectivity index is 1.76. The molecule has 1 fully saturated rings. The number of nitrogens with one attached hydrogen (secondary N) is 1. The number of piperidine rings is 1. The largest absolute Gasteiger partial charge is 0.337 e. The first-order chi connectivity index (χ1) is 12.0. The smallest absolute Gasteiger partial charge is 0.274 e. The first kappa shape index (κ1) is 17.7. The number of anilines is 1. The van der Waals surface area contributed by atoms with Gasteiger partial charge >= 0.3 is 0 Å². The molecule has 3 rings (SSSR count). The molecule has 0 radical (unpaired) electrons. The number of hydrogen-bond donors (Lipinski definition) is 1. The van der Waals surface area contributed by atoms with Crippen molar-refractivity contribution in [2.45, 2.75) is 19.3 Å². The molecule has 0 unspecified atom stereocenters. The third-order valence-corrected chi connectivity index (χ3v) is 4.40. The zero-order valence-corrected chi connectivity index (χ0v) is 15.0. The van der Waals surface area contributed by atoms with Crippen LogP contribution in [0.3, 0.4) is 0 Å². The second kappa shape index (κ2) is 7.85. The van der Waals surface area contributed by atoms with Crippen LogP contribution in [0.4, 0.5) is 5.69 Å². The highest BCUT2D eigenvalue weighted by molar-refractivity contribution is 6.35. The summed E-state index contributed by atoms with van der Waals surface area (Å²) in [6, 6.07) is 9.61. The number of nitrogens with zero attached hydrogens (tertiary/aromatic N) is 2. The van der Waals surface area contributed by atoms with Crippen molar-refractivity contribution in [3.8, 4) is 0 Å². The Morgan fingerprint density at radius 1 is 0.960 bits per heavy atom. The van der Waals surface area contributed by atoms with E-state index in [1.165, 1.54) is 0 Å². The quantitative estimate of drug-likeness (QED) is 0.868. The summed E-state index contributed by atoms with van der Waals surface area (Å²) in [5.41, 5.74) is 0.912. The van der Waals surface area contributed by atoms with Crippen molar-refractivity contribution in [2.24, 2.45) is 0 Å². The Hall–Kier alpha value is -2.11. The van der Waals surface area contributed by atoms with Gasteiger partial charge in [-0.2, -0.15) is 0 Å². The fraction of sp³-hybridized carbons (Fsp3) is 0.278. The van der Waals surface area contributed by atoms with Crippen LogP contribution in [0.25, 0.3) is 0 Å². The Labute approximate surface area is 155 Å². The lowest BCUT2D eigenvalue weighted by molar-refractivity contribution is 0.0718. The van der Waals surface area contributed by atoms with Crippen LogP contribution in [-0.2, 0) is 0 Å². The van der Waals surface area contributed by atoms with Gasteiger partial charge in [-0.15, -0.1) is 0 Å². The van der Waals surface area contributed by atoms with Crippen molar-refractivity contribution >= 4 is 40.7 Å². The SMILES string of the molecule is O=C(Nc1cc(Cl)cc(Cl)c1)c1cccc(C(=O)N2CCCCC2)n1. The molecule has 1 aromatic heterocycles. The van der Waals surface area contributed by atoms with Gasteiger partial charge in [0.1, 0.15) is 11.4 Å². The molecule has 0 saturated carbocycles. The minimum Gasteiger partial charge on any atom is -0.337 e. The maximum absolute atomic E-state index is 12.5. The standard InChI is InChI=1S/C18H17Cl2N3O2/c19-12-9-13(20)11-14(10-12)21-17(24)15-5-4-6-16(22-15)18(25)23-7-2-1-3-8-23/h4-6,9-11H,1-3,7-8H2,(H,21,24). The molecule has 2 aromatic rings. The number of pyridine rings is 1. The third kappa shape index (κ3) is 4.50. The van der Waals surface area contributed by atoms with Crippen molar-refractivity contribution < 1.29 is 9.59 Å². The van der Waals surface area contributed by atoms with Crippen LogP contribution in [0.1, 0.15) is 40.2 Å². The van der Waals surface area contributed by atoms with E-state index in [0.717, 1.165) is 32.4 Å². The Kier molecular flexibility index (Phi) is 5.56. The number of carbonyl (C=O) groups excluding carboxylic acids is 2. The maximum atomic E-state index is 12.5. The molecule has 0 atom stereocenters. The number of rotatable bonds is 3. The number of likely N-dealkylation sites (tertiary alicyclic amines) is 1. The van der Waals surface area contributed by atoms with Gasteiger partial charge in [0.05, 0.1) is 0 Å². The Morgan fingerprint density at radius 3 is 2.28 bits per heavy atom. The number of halogens is 2. The second-order valence-corrected chi connectivity index (χ2v) is 6.75. The van der Waals surface area contributed by atoms with E-state index in [-0.39, 0.29) is 17.3 Å². The first-order valence-electron chi connectivity index (χ1n) is 8.07. The lowest BCUT2D eigenvalue weighted by atomic mass is 10.1. The summed E-state index contributed by atoms with van der Waals surface area (Å²) in [6.07, 6.45) is 3.14. The summed E-state index contributed by atoms with van der Waals surface area (Å²) in [5.74, 6) is -0.563. The van der Waals surface area contributed by atoms with Crippen LogP contribution in [0.5, 0.6) is 0 Å². The molecule has 7 heteroatoms. The Morgan fingerprint density at radius 2 is 1.60 bits per heavy atom. The van der Waals surface area contributed by atoms with Crippen molar-refractivity contribution in [3.05, 3.63) is 57.8 Å². The van der Waals surface area contributed by atoms with Crippen LogP contribution in [-0.4, -0.2) is 34.8 Å². The molecule has 1 aromatic carbocycles. The fourth-order valence-electron chi connectivity index (χ4n) is 2.76. The van der Waals surface area contributed by atoms with Gasteiger partial charge in [0, 0.05) is 28.8 Å². The molecule has 1 saturated heterocycles. The molecule has 130 valence electrons. The monoisotopic (exact) mass is 377 g/mol. The van der Waals surface area contributed by atoms with Crippen LogP contribution in [0.2, 0.25) is 10.0 Å². The van der Waals surface area contributed by atoms with E-state index in [1.807, 2.05) is 0 Å². The van der Waals surface area contributed by atoms with Gasteiger partial charge in [0.25, 0.3) is 11.8 Å². The molecule has 0 aliphatic carbocycles. The molecule has 25 heavy (non-hydrogen) atoms. The summed E-state index contributed by atoms with van der Waals surface area (Å²) >= 11 is 11.9. The minimum atomic E-state index is -0.424. The molecule has 5 nitrogen and oxygen atoms in total. The molecular weight excluding hydrogens is 361 g/mol. The summed E-state index contributed by atoms with van der Waals surface area (Å²) in [5, 5.41) is 3.53. The summed E-state index contributed by atoms with van der Waals surface area (Å²) in [6.45, 7) is 1.47. The van der Waals surface area contributed by atoms with E-state index in [2.05, 4.69) is 10.3 Å². The minimum absolute atomic E-state index is 0.139. The summed E-state index contributed by atoms with van der Waals surface area (Å²) in [7, 11) is 0. The number of aromatic nitrogens is 1. The van der Waals surface area contributed by atoms with Crippen LogP contribution >= 0.6 is 23.2 Å². The van der Waals surface area contributed by atoms with E-state index in [4.69, 9.17) is 23.2 Å². The summed E-state index contributed by atoms with van der Waals surface area (Å²) in [4.78, 5) is 30.9. The highest BCUT2D eigenvalue weighted by Gasteiger charge is 2.20. The van der Waals surface area contributed by atoms with Crippen LogP contribution < -0.4 is 5.32 Å². The normalized spacial score (nSPS) is 14.2. The van der Waals surface area contributed by atoms with Gasteiger partial charge in [-0.3, -0.25) is 9.59 Å². The van der Waals surface area contributed by atoms with Crippen LogP contribution in [0, 0.1) is 0 Å². The summed E-state index contributed by atoms with van der Waals surface area (Å²) < 4.78 is 0. The predicted molar refractivity (Wildman–Crippen MR) is 98.4 cm³/mol. The predicted octanol–water partition coefficient (Wildman–Crippen LogP) is 4.27. The second-order valence-electron chi connectivity index (χ2n) is 5.87. The van der Waals surface area contributed by atoms with Gasteiger partial charge in [-0.25, -0.2) is 4.98 Å². The average Bonchev–Trinajstić information content (AvgIpc) is 2.61. The lowest BCUT2D eigenvalue weighted by Gasteiger charge is -2.26. The maximum Gasteiger partial charge on any atom is 0.274 e. The molecule has 1 aliphatic rings. The van der Waals surface area contributed by atoms with Crippen molar-refractivity contribution in [2.75, 3.05) is 18.4 Å². The van der Waals surface area contributed by atoms with E-state index in [0.29, 0.717) is 15.7 Å². The third-order valence-electron chi connectivity index (χ3n) is 3.96. The zero-order chi connectivity index (χ0) is 17.8. The lowest BCUT2D eigenvalue weighted by Crippen LogP contribution is -2.36. The van der Waals surface area contributed by atoms with Crippen molar-refractivity contribution in [3.63, 3.8) is 0 Å². The van der Waals surface area contributed by atoms with E-state index >= 15 is 0 Å². The highest BCUT2D eigenvalue weighted by Crippen LogP contribution is 2.23. The van der Waals surface area contributed by atoms with E-state index < -0.39 is 5.91 Å². The molecule has 1 N–H and O–H groups in total.